The van der Waals surface area contributed by atoms with Gasteiger partial charge in [-0.05, 0) is 36.4 Å². The van der Waals surface area contributed by atoms with E-state index in [2.05, 4.69) is 24.9 Å². The highest BCUT2D eigenvalue weighted by molar-refractivity contribution is 5.89. The number of hydrogen-bond donors (Lipinski definition) is 1. The number of pyridine rings is 2. The number of methoxy groups -OCH3 is 1. The second-order valence-corrected chi connectivity index (χ2v) is 6.36. The minimum Gasteiger partial charge on any atom is -0.477 e. The third-order valence-corrected chi connectivity index (χ3v) is 4.29. The van der Waals surface area contributed by atoms with Gasteiger partial charge in [-0.15, -0.1) is 0 Å². The molecule has 31 heavy (non-hydrogen) atoms. The van der Waals surface area contributed by atoms with E-state index in [1.165, 1.54) is 22.5 Å². The molecule has 0 amide bonds. The third kappa shape index (κ3) is 4.99. The van der Waals surface area contributed by atoms with Crippen LogP contribution in [0.25, 0.3) is 22.5 Å². The van der Waals surface area contributed by atoms with E-state index in [0.29, 0.717) is 17.1 Å². The summed E-state index contributed by atoms with van der Waals surface area (Å²) in [6.07, 6.45) is 6.69. The Morgan fingerprint density at radius 3 is 1.74 bits per heavy atom. The molecule has 1 N–H and O–H groups in total. The van der Waals surface area contributed by atoms with Crippen molar-refractivity contribution >= 4 is 11.9 Å². The Bertz CT molecular complexity index is 1190. The molecule has 0 radical (unpaired) electrons. The molecule has 0 saturated carbocycles. The molecule has 4 aromatic rings. The second kappa shape index (κ2) is 9.44. The van der Waals surface area contributed by atoms with Gasteiger partial charge in [0.25, 0.3) is 0 Å². The van der Waals surface area contributed by atoms with E-state index in [0.717, 1.165) is 11.1 Å². The van der Waals surface area contributed by atoms with Crippen LogP contribution in [0.1, 0.15) is 21.0 Å². The van der Waals surface area contributed by atoms with E-state index in [4.69, 9.17) is 5.11 Å². The van der Waals surface area contributed by atoms with Gasteiger partial charge in [0, 0.05) is 50.0 Å². The highest BCUT2D eigenvalue weighted by Crippen LogP contribution is 2.18. The summed E-state index contributed by atoms with van der Waals surface area (Å²) in [7, 11) is 4.65. The number of carbonyl (C=O) groups excluding carboxylic acids is 1. The topological polar surface area (TPSA) is 125 Å². The van der Waals surface area contributed by atoms with E-state index >= 15 is 0 Å². The van der Waals surface area contributed by atoms with Crippen LogP contribution in [0.2, 0.25) is 0 Å². The lowest BCUT2D eigenvalue weighted by Gasteiger charge is -1.96. The van der Waals surface area contributed by atoms with Gasteiger partial charge >= 0.3 is 11.9 Å². The van der Waals surface area contributed by atoms with Crippen LogP contribution < -0.4 is 0 Å². The van der Waals surface area contributed by atoms with Crippen LogP contribution in [0.15, 0.2) is 61.2 Å². The maximum atomic E-state index is 11.4. The van der Waals surface area contributed by atoms with E-state index in [9.17, 15) is 9.59 Å². The second-order valence-electron chi connectivity index (χ2n) is 6.36. The Hall–Kier alpha value is -4.34. The van der Waals surface area contributed by atoms with Crippen LogP contribution in [0.5, 0.6) is 0 Å². The highest BCUT2D eigenvalue weighted by Gasteiger charge is 2.14. The van der Waals surface area contributed by atoms with Gasteiger partial charge in [-0.3, -0.25) is 19.3 Å². The monoisotopic (exact) mass is 420 g/mol. The lowest BCUT2D eigenvalue weighted by atomic mass is 10.2. The number of carboxylic acids is 1. The first kappa shape index (κ1) is 21.4. The predicted octanol–water partition coefficient (Wildman–Crippen LogP) is 2.45. The molecule has 4 heterocycles. The molecule has 0 unspecified atom stereocenters. The zero-order chi connectivity index (χ0) is 22.4. The van der Waals surface area contributed by atoms with Crippen LogP contribution in [0.3, 0.4) is 0 Å². The molecule has 0 atom stereocenters. The maximum absolute atomic E-state index is 11.4. The normalized spacial score (nSPS) is 10.2. The van der Waals surface area contributed by atoms with Crippen molar-refractivity contribution in [1.29, 1.82) is 0 Å². The summed E-state index contributed by atoms with van der Waals surface area (Å²) in [5, 5.41) is 17.2. The number of ether oxygens (including phenoxy) is 1. The number of aryl methyl sites for hydroxylation is 2. The average Bonchev–Trinajstić information content (AvgIpc) is 3.38. The SMILES string of the molecule is COC(=O)c1cc(-c2cccnc2)nn1C.Cn1nc(-c2cccnc2)cc1C(=O)O. The summed E-state index contributed by atoms with van der Waals surface area (Å²) >= 11 is 0. The Morgan fingerprint density at radius 2 is 1.35 bits per heavy atom. The van der Waals surface area contributed by atoms with Crippen LogP contribution >= 0.6 is 0 Å². The summed E-state index contributed by atoms with van der Waals surface area (Å²) in [4.78, 5) is 30.1. The minimum atomic E-state index is -0.986. The number of carboxylic acid groups (broad SMARTS) is 1. The van der Waals surface area contributed by atoms with Crippen LogP contribution in [0.4, 0.5) is 0 Å². The van der Waals surface area contributed by atoms with E-state index in [1.807, 2.05) is 18.2 Å². The first-order valence-corrected chi connectivity index (χ1v) is 9.11. The molecule has 158 valence electrons. The molecule has 0 saturated heterocycles. The number of aromatic nitrogens is 6. The molecule has 0 fully saturated rings. The Kier molecular flexibility index (Phi) is 6.51. The van der Waals surface area contributed by atoms with Gasteiger partial charge in [0.1, 0.15) is 11.4 Å². The van der Waals surface area contributed by atoms with Gasteiger partial charge in [0.2, 0.25) is 0 Å². The number of esters is 1. The quantitative estimate of drug-likeness (QED) is 0.499. The van der Waals surface area contributed by atoms with Crippen LogP contribution in [-0.2, 0) is 18.8 Å². The van der Waals surface area contributed by atoms with Crippen molar-refractivity contribution in [3.8, 4) is 22.5 Å². The molecular weight excluding hydrogens is 400 g/mol. The van der Waals surface area contributed by atoms with Gasteiger partial charge in [-0.1, -0.05) is 0 Å². The van der Waals surface area contributed by atoms with Crippen molar-refractivity contribution in [3.05, 3.63) is 72.6 Å². The third-order valence-electron chi connectivity index (χ3n) is 4.29. The van der Waals surface area contributed by atoms with Crippen molar-refractivity contribution in [2.45, 2.75) is 0 Å². The summed E-state index contributed by atoms with van der Waals surface area (Å²) in [6.45, 7) is 0. The molecule has 4 rings (SSSR count). The number of carbonyl (C=O) groups is 2. The predicted molar refractivity (Wildman–Crippen MR) is 111 cm³/mol. The molecule has 0 aliphatic carbocycles. The number of rotatable bonds is 4. The standard InChI is InChI=1S/C11H11N3O2.C10H9N3O2/c1-14-10(11(15)16-2)6-9(13-14)8-4-3-5-12-7-8;1-13-9(10(14)15)5-8(12-13)7-3-2-4-11-6-7/h3-7H,1-2H3;2-6H,1H3,(H,14,15). The molecule has 10 nitrogen and oxygen atoms in total. The molecule has 0 aliphatic rings. The number of nitrogens with zero attached hydrogens (tertiary/aromatic N) is 6. The Balaban J connectivity index is 0.000000176. The Labute approximate surface area is 177 Å². The van der Waals surface area contributed by atoms with E-state index < -0.39 is 11.9 Å². The highest BCUT2D eigenvalue weighted by atomic mass is 16.5. The average molecular weight is 420 g/mol. The van der Waals surface area contributed by atoms with E-state index in [1.54, 1.807) is 51.0 Å². The molecule has 0 spiro atoms. The van der Waals surface area contributed by atoms with Crippen molar-refractivity contribution in [1.82, 2.24) is 29.5 Å². The van der Waals surface area contributed by atoms with E-state index in [-0.39, 0.29) is 5.69 Å². The van der Waals surface area contributed by atoms with Crippen LogP contribution in [0, 0.1) is 0 Å². The summed E-state index contributed by atoms with van der Waals surface area (Å²) in [5.41, 5.74) is 3.57. The molecular formula is C21H20N6O4. The molecule has 0 bridgehead atoms. The van der Waals surface area contributed by atoms with Gasteiger partial charge in [0.05, 0.1) is 18.5 Å². The first-order chi connectivity index (χ1) is 14.9. The largest absolute Gasteiger partial charge is 0.477 e. The summed E-state index contributed by atoms with van der Waals surface area (Å²) in [6, 6.07) is 10.5. The fourth-order valence-corrected chi connectivity index (χ4v) is 2.74. The van der Waals surface area contributed by atoms with Gasteiger partial charge in [-0.2, -0.15) is 10.2 Å². The fraction of sp³-hybridized carbons (Fsp3) is 0.143. The van der Waals surface area contributed by atoms with Crippen molar-refractivity contribution in [3.63, 3.8) is 0 Å². The van der Waals surface area contributed by atoms with Crippen LogP contribution in [-0.4, -0.2) is 53.7 Å². The summed E-state index contributed by atoms with van der Waals surface area (Å²) < 4.78 is 7.48. The fourth-order valence-electron chi connectivity index (χ4n) is 2.74. The van der Waals surface area contributed by atoms with Gasteiger partial charge < -0.3 is 9.84 Å². The lowest BCUT2D eigenvalue weighted by Crippen LogP contribution is -2.07. The zero-order valence-corrected chi connectivity index (χ0v) is 17.1. The first-order valence-electron chi connectivity index (χ1n) is 9.11. The zero-order valence-electron chi connectivity index (χ0n) is 17.1. The smallest absolute Gasteiger partial charge is 0.356 e. The van der Waals surface area contributed by atoms with Crippen molar-refractivity contribution in [2.75, 3.05) is 7.11 Å². The van der Waals surface area contributed by atoms with Crippen molar-refractivity contribution in [2.24, 2.45) is 14.1 Å². The Morgan fingerprint density at radius 1 is 0.871 bits per heavy atom. The van der Waals surface area contributed by atoms with Crippen molar-refractivity contribution < 1.29 is 19.4 Å². The minimum absolute atomic E-state index is 0.161. The molecule has 4 aromatic heterocycles. The molecule has 0 aromatic carbocycles. The van der Waals surface area contributed by atoms with Gasteiger partial charge in [-0.25, -0.2) is 9.59 Å². The summed E-state index contributed by atoms with van der Waals surface area (Å²) in [5.74, 6) is -1.38. The molecule has 10 heteroatoms. The maximum Gasteiger partial charge on any atom is 0.356 e. The lowest BCUT2D eigenvalue weighted by molar-refractivity contribution is 0.0587. The number of aromatic carboxylic acids is 1. The number of hydrogen-bond acceptors (Lipinski definition) is 7. The van der Waals surface area contributed by atoms with Gasteiger partial charge in [0.15, 0.2) is 0 Å². The molecule has 0 aliphatic heterocycles.